The van der Waals surface area contributed by atoms with E-state index in [4.69, 9.17) is 4.74 Å². The molecule has 0 radical (unpaired) electrons. The second kappa shape index (κ2) is 6.47. The van der Waals surface area contributed by atoms with Crippen LogP contribution in [0.3, 0.4) is 0 Å². The maximum absolute atomic E-state index is 12.7. The molecule has 0 aromatic carbocycles. The molecule has 5 nitrogen and oxygen atoms in total. The molecule has 1 aromatic heterocycles. The van der Waals surface area contributed by atoms with Crippen molar-refractivity contribution in [3.63, 3.8) is 0 Å². The SMILES string of the molecule is CC(C)C1OCC(O)C(O)C1Cc1cncc(C(F)(F)F)n1. The number of hydrogen-bond donors (Lipinski definition) is 2. The summed E-state index contributed by atoms with van der Waals surface area (Å²) >= 11 is 0. The zero-order chi connectivity index (χ0) is 16.5. The molecule has 2 rings (SSSR count). The van der Waals surface area contributed by atoms with E-state index in [1.807, 2.05) is 13.8 Å². The fourth-order valence-electron chi connectivity index (χ4n) is 2.72. The van der Waals surface area contributed by atoms with Crippen LogP contribution >= 0.6 is 0 Å². The highest BCUT2D eigenvalue weighted by Crippen LogP contribution is 2.31. The summed E-state index contributed by atoms with van der Waals surface area (Å²) in [6.07, 6.45) is -5.11. The highest BCUT2D eigenvalue weighted by atomic mass is 19.4. The molecule has 4 atom stereocenters. The zero-order valence-electron chi connectivity index (χ0n) is 12.3. The van der Waals surface area contributed by atoms with Gasteiger partial charge >= 0.3 is 6.18 Å². The Morgan fingerprint density at radius 2 is 2.00 bits per heavy atom. The summed E-state index contributed by atoms with van der Waals surface area (Å²) in [4.78, 5) is 7.12. The van der Waals surface area contributed by atoms with Gasteiger partial charge in [0.05, 0.1) is 30.7 Å². The molecule has 4 unspecified atom stereocenters. The first kappa shape index (κ1) is 17.1. The Balaban J connectivity index is 2.22. The van der Waals surface area contributed by atoms with Crippen molar-refractivity contribution in [3.8, 4) is 0 Å². The molecular formula is C14H19F3N2O3. The van der Waals surface area contributed by atoms with Gasteiger partial charge in [0, 0.05) is 12.1 Å². The lowest BCUT2D eigenvalue weighted by Gasteiger charge is -2.40. The number of halogens is 3. The summed E-state index contributed by atoms with van der Waals surface area (Å²) in [6, 6.07) is 0. The first-order valence-electron chi connectivity index (χ1n) is 7.06. The van der Waals surface area contributed by atoms with Crippen LogP contribution in [0.4, 0.5) is 13.2 Å². The van der Waals surface area contributed by atoms with Crippen LogP contribution < -0.4 is 0 Å². The molecule has 22 heavy (non-hydrogen) atoms. The molecule has 2 heterocycles. The first-order chi connectivity index (χ1) is 10.2. The lowest BCUT2D eigenvalue weighted by Crippen LogP contribution is -2.51. The van der Waals surface area contributed by atoms with Crippen LogP contribution in [-0.4, -0.2) is 45.1 Å². The first-order valence-corrected chi connectivity index (χ1v) is 7.06. The number of nitrogens with zero attached hydrogens (tertiary/aromatic N) is 2. The van der Waals surface area contributed by atoms with Gasteiger partial charge in [-0.1, -0.05) is 13.8 Å². The molecule has 0 bridgehead atoms. The second-order valence-corrected chi connectivity index (χ2v) is 5.86. The second-order valence-electron chi connectivity index (χ2n) is 5.86. The summed E-state index contributed by atoms with van der Waals surface area (Å²) in [7, 11) is 0. The van der Waals surface area contributed by atoms with Crippen LogP contribution in [0.2, 0.25) is 0 Å². The van der Waals surface area contributed by atoms with E-state index in [0.717, 1.165) is 0 Å². The monoisotopic (exact) mass is 320 g/mol. The topological polar surface area (TPSA) is 75.5 Å². The molecular weight excluding hydrogens is 301 g/mol. The van der Waals surface area contributed by atoms with E-state index in [9.17, 15) is 23.4 Å². The van der Waals surface area contributed by atoms with Crippen molar-refractivity contribution in [2.75, 3.05) is 6.61 Å². The number of aliphatic hydroxyl groups excluding tert-OH is 2. The van der Waals surface area contributed by atoms with Crippen molar-refractivity contribution < 1.29 is 28.1 Å². The predicted molar refractivity (Wildman–Crippen MR) is 70.8 cm³/mol. The number of aromatic nitrogens is 2. The van der Waals surface area contributed by atoms with Crippen molar-refractivity contribution in [3.05, 3.63) is 23.8 Å². The van der Waals surface area contributed by atoms with Gasteiger partial charge in [0.2, 0.25) is 0 Å². The number of hydrogen-bond acceptors (Lipinski definition) is 5. The molecule has 1 fully saturated rings. The van der Waals surface area contributed by atoms with Crippen molar-refractivity contribution in [2.24, 2.45) is 11.8 Å². The fraction of sp³-hybridized carbons (Fsp3) is 0.714. The number of alkyl halides is 3. The van der Waals surface area contributed by atoms with E-state index in [2.05, 4.69) is 9.97 Å². The maximum Gasteiger partial charge on any atom is 0.434 e. The Morgan fingerprint density at radius 3 is 2.59 bits per heavy atom. The largest absolute Gasteiger partial charge is 0.434 e. The molecule has 1 aliphatic rings. The summed E-state index contributed by atoms with van der Waals surface area (Å²) in [5, 5.41) is 19.9. The molecule has 8 heteroatoms. The van der Waals surface area contributed by atoms with E-state index >= 15 is 0 Å². The summed E-state index contributed by atoms with van der Waals surface area (Å²) in [5.74, 6) is -0.493. The lowest BCUT2D eigenvalue weighted by molar-refractivity contribution is -0.170. The van der Waals surface area contributed by atoms with Gasteiger partial charge in [-0.3, -0.25) is 4.98 Å². The molecule has 1 aromatic rings. The average Bonchev–Trinajstić information content (AvgIpc) is 2.43. The third-order valence-corrected chi connectivity index (χ3v) is 3.79. The van der Waals surface area contributed by atoms with Crippen LogP contribution in [0.5, 0.6) is 0 Å². The van der Waals surface area contributed by atoms with Crippen molar-refractivity contribution in [1.82, 2.24) is 9.97 Å². The minimum atomic E-state index is -4.57. The van der Waals surface area contributed by atoms with Gasteiger partial charge in [-0.2, -0.15) is 13.2 Å². The van der Waals surface area contributed by atoms with Crippen LogP contribution in [0.15, 0.2) is 12.4 Å². The number of aliphatic hydroxyl groups is 2. The van der Waals surface area contributed by atoms with Gasteiger partial charge in [0.25, 0.3) is 0 Å². The van der Waals surface area contributed by atoms with Crippen molar-refractivity contribution >= 4 is 0 Å². The Hall–Kier alpha value is -1.25. The van der Waals surface area contributed by atoms with Gasteiger partial charge in [0.1, 0.15) is 6.10 Å². The van der Waals surface area contributed by atoms with Gasteiger partial charge in [-0.15, -0.1) is 0 Å². The minimum Gasteiger partial charge on any atom is -0.390 e. The Morgan fingerprint density at radius 1 is 1.32 bits per heavy atom. The van der Waals surface area contributed by atoms with Gasteiger partial charge in [-0.05, 0) is 12.3 Å². The Bertz CT molecular complexity index is 510. The Kier molecular flexibility index (Phi) is 5.03. The molecule has 0 saturated carbocycles. The molecule has 1 aliphatic heterocycles. The number of rotatable bonds is 3. The van der Waals surface area contributed by atoms with Gasteiger partial charge in [0.15, 0.2) is 5.69 Å². The van der Waals surface area contributed by atoms with E-state index in [0.29, 0.717) is 6.20 Å². The highest BCUT2D eigenvalue weighted by molar-refractivity contribution is 5.08. The van der Waals surface area contributed by atoms with Crippen LogP contribution in [-0.2, 0) is 17.3 Å². The van der Waals surface area contributed by atoms with E-state index < -0.39 is 30.0 Å². The third-order valence-electron chi connectivity index (χ3n) is 3.79. The van der Waals surface area contributed by atoms with Crippen LogP contribution in [0.1, 0.15) is 25.2 Å². The molecule has 0 amide bonds. The van der Waals surface area contributed by atoms with E-state index in [1.54, 1.807) is 0 Å². The number of ether oxygens (including phenoxy) is 1. The lowest BCUT2D eigenvalue weighted by atomic mass is 9.81. The molecule has 0 spiro atoms. The summed E-state index contributed by atoms with van der Waals surface area (Å²) in [6.45, 7) is 3.79. The highest BCUT2D eigenvalue weighted by Gasteiger charge is 2.40. The average molecular weight is 320 g/mol. The summed E-state index contributed by atoms with van der Waals surface area (Å²) in [5.41, 5.74) is -0.958. The van der Waals surface area contributed by atoms with Gasteiger partial charge in [-0.25, -0.2) is 4.98 Å². The fourth-order valence-corrected chi connectivity index (χ4v) is 2.72. The normalized spacial score (nSPS) is 29.8. The molecule has 124 valence electrons. The van der Waals surface area contributed by atoms with E-state index in [-0.39, 0.29) is 30.7 Å². The maximum atomic E-state index is 12.7. The Labute approximate surface area is 126 Å². The van der Waals surface area contributed by atoms with Crippen LogP contribution in [0.25, 0.3) is 0 Å². The minimum absolute atomic E-state index is 0.00871. The third kappa shape index (κ3) is 3.74. The molecule has 2 N–H and O–H groups in total. The molecule has 0 aliphatic carbocycles. The predicted octanol–water partition coefficient (Wildman–Crippen LogP) is 1.43. The van der Waals surface area contributed by atoms with E-state index in [1.165, 1.54) is 6.20 Å². The van der Waals surface area contributed by atoms with Crippen molar-refractivity contribution in [1.29, 1.82) is 0 Å². The quantitative estimate of drug-likeness (QED) is 0.881. The smallest absolute Gasteiger partial charge is 0.390 e. The zero-order valence-corrected chi connectivity index (χ0v) is 12.3. The van der Waals surface area contributed by atoms with Crippen molar-refractivity contribution in [2.45, 2.75) is 44.8 Å². The van der Waals surface area contributed by atoms with Crippen LogP contribution in [0, 0.1) is 11.8 Å². The van der Waals surface area contributed by atoms with Gasteiger partial charge < -0.3 is 14.9 Å². The summed E-state index contributed by atoms with van der Waals surface area (Å²) < 4.78 is 43.5. The molecule has 1 saturated heterocycles. The standard InChI is InChI=1S/C14H19F3N2O3/c1-7(2)13-9(12(21)10(20)6-22-13)3-8-4-18-5-11(19-8)14(15,16)17/h4-5,7,9-10,12-13,20-21H,3,6H2,1-2H3.